The van der Waals surface area contributed by atoms with Gasteiger partial charge in [-0.2, -0.15) is 0 Å². The average Bonchev–Trinajstić information content (AvgIpc) is 2.30. The van der Waals surface area contributed by atoms with Crippen molar-refractivity contribution in [3.05, 3.63) is 30.3 Å². The van der Waals surface area contributed by atoms with Crippen molar-refractivity contribution in [1.29, 1.82) is 0 Å². The molecule has 0 N–H and O–H groups in total. The minimum Gasteiger partial charge on any atom is -0.490 e. The zero-order chi connectivity index (χ0) is 11.6. The Morgan fingerprint density at radius 1 is 1.19 bits per heavy atom. The van der Waals surface area contributed by atoms with E-state index in [1.807, 2.05) is 37.3 Å². The van der Waals surface area contributed by atoms with Crippen LogP contribution in [-0.4, -0.2) is 25.7 Å². The van der Waals surface area contributed by atoms with Crippen molar-refractivity contribution < 1.29 is 14.3 Å². The topological polar surface area (TPSA) is 40.0 Å². The molecule has 0 radical (unpaired) electrons. The van der Waals surface area contributed by atoms with Gasteiger partial charge < -0.3 is 14.3 Å². The van der Waals surface area contributed by atoms with Crippen molar-refractivity contribution in [1.82, 2.24) is 0 Å². The molecule has 0 saturated carbocycles. The van der Waals surface area contributed by atoms with Crippen LogP contribution in [0, 0.1) is 0 Å². The summed E-state index contributed by atoms with van der Waals surface area (Å²) in [5.74, 6) is 1.36. The third-order valence-electron chi connectivity index (χ3n) is 1.73. The molecule has 0 aliphatic rings. The summed E-state index contributed by atoms with van der Waals surface area (Å²) in [6, 6.07) is 9.59. The van der Waals surface area contributed by atoms with Crippen LogP contribution < -0.4 is 4.74 Å². The molecule has 0 amide bonds. The van der Waals surface area contributed by atoms with E-state index in [9.17, 15) is 0 Å². The highest BCUT2D eigenvalue weighted by Gasteiger charge is 1.92. The molecule has 1 rings (SSSR count). The predicted octanol–water partition coefficient (Wildman–Crippen LogP) is 2.45. The maximum absolute atomic E-state index is 5.41. The molecule has 4 nitrogen and oxygen atoms in total. The van der Waals surface area contributed by atoms with Crippen LogP contribution in [0.2, 0.25) is 0 Å². The Hall–Kier alpha value is -1.71. The smallest absolute Gasteiger partial charge is 0.222 e. The monoisotopic (exact) mass is 223 g/mol. The Kier molecular flexibility index (Phi) is 5.84. The minimum absolute atomic E-state index is 0.402. The molecule has 4 heteroatoms. The van der Waals surface area contributed by atoms with E-state index in [2.05, 4.69) is 5.16 Å². The van der Waals surface area contributed by atoms with Gasteiger partial charge in [0.2, 0.25) is 5.90 Å². The van der Waals surface area contributed by atoms with E-state index >= 15 is 0 Å². The maximum atomic E-state index is 5.41. The predicted molar refractivity (Wildman–Crippen MR) is 62.6 cm³/mol. The van der Waals surface area contributed by atoms with E-state index < -0.39 is 0 Å². The van der Waals surface area contributed by atoms with E-state index in [0.29, 0.717) is 25.7 Å². The SMILES string of the molecule is CCO/C(C)=N\OCCOc1ccccc1. The molecule has 0 saturated heterocycles. The number of hydrogen-bond acceptors (Lipinski definition) is 4. The van der Waals surface area contributed by atoms with Gasteiger partial charge in [-0.3, -0.25) is 0 Å². The summed E-state index contributed by atoms with van der Waals surface area (Å²) >= 11 is 0. The van der Waals surface area contributed by atoms with Crippen molar-refractivity contribution in [2.24, 2.45) is 5.16 Å². The Morgan fingerprint density at radius 2 is 1.94 bits per heavy atom. The van der Waals surface area contributed by atoms with Gasteiger partial charge in [0.15, 0.2) is 6.61 Å². The molecule has 1 aromatic rings. The van der Waals surface area contributed by atoms with Crippen LogP contribution in [0.5, 0.6) is 5.75 Å². The van der Waals surface area contributed by atoms with Gasteiger partial charge in [-0.05, 0) is 19.1 Å². The number of nitrogens with zero attached hydrogens (tertiary/aromatic N) is 1. The second-order valence-corrected chi connectivity index (χ2v) is 3.04. The van der Waals surface area contributed by atoms with Crippen LogP contribution in [0.1, 0.15) is 13.8 Å². The molecular weight excluding hydrogens is 206 g/mol. The number of oxime groups is 1. The van der Waals surface area contributed by atoms with Crippen LogP contribution in [-0.2, 0) is 9.57 Å². The molecule has 16 heavy (non-hydrogen) atoms. The lowest BCUT2D eigenvalue weighted by Gasteiger charge is -2.05. The van der Waals surface area contributed by atoms with Gasteiger partial charge in [0.05, 0.1) is 6.61 Å². The van der Waals surface area contributed by atoms with Crippen molar-refractivity contribution in [2.75, 3.05) is 19.8 Å². The number of hydrogen-bond donors (Lipinski definition) is 0. The lowest BCUT2D eigenvalue weighted by atomic mass is 10.3. The second kappa shape index (κ2) is 7.56. The molecule has 0 fully saturated rings. The Balaban J connectivity index is 2.11. The molecule has 88 valence electrons. The number of para-hydroxylation sites is 1. The quantitative estimate of drug-likeness (QED) is 0.322. The van der Waals surface area contributed by atoms with Crippen LogP contribution in [0.25, 0.3) is 0 Å². The van der Waals surface area contributed by atoms with Gasteiger partial charge in [-0.1, -0.05) is 23.4 Å². The molecule has 1 aromatic carbocycles. The summed E-state index contributed by atoms with van der Waals surface area (Å²) in [4.78, 5) is 5.01. The Labute approximate surface area is 95.8 Å². The third-order valence-corrected chi connectivity index (χ3v) is 1.73. The maximum Gasteiger partial charge on any atom is 0.222 e. The van der Waals surface area contributed by atoms with Crippen molar-refractivity contribution in [3.63, 3.8) is 0 Å². The number of rotatable bonds is 6. The summed E-state index contributed by atoms with van der Waals surface area (Å²) < 4.78 is 10.5. The van der Waals surface area contributed by atoms with Crippen molar-refractivity contribution in [3.8, 4) is 5.75 Å². The van der Waals surface area contributed by atoms with E-state index in [-0.39, 0.29) is 0 Å². The summed E-state index contributed by atoms with van der Waals surface area (Å²) in [7, 11) is 0. The van der Waals surface area contributed by atoms with Crippen LogP contribution in [0.3, 0.4) is 0 Å². The first-order valence-electron chi connectivity index (χ1n) is 5.30. The molecule has 0 aliphatic carbocycles. The van der Waals surface area contributed by atoms with Crippen LogP contribution in [0.4, 0.5) is 0 Å². The first-order valence-corrected chi connectivity index (χ1v) is 5.30. The fraction of sp³-hybridized carbons (Fsp3) is 0.417. The van der Waals surface area contributed by atoms with E-state index in [0.717, 1.165) is 5.75 Å². The minimum atomic E-state index is 0.402. The fourth-order valence-electron chi connectivity index (χ4n) is 1.09. The molecule has 0 aromatic heterocycles. The number of ether oxygens (including phenoxy) is 2. The normalized spacial score (nSPS) is 11.0. The summed E-state index contributed by atoms with van der Waals surface area (Å²) in [6.45, 7) is 5.12. The summed E-state index contributed by atoms with van der Waals surface area (Å²) in [5.41, 5.74) is 0. The molecular formula is C12H17NO3. The van der Waals surface area contributed by atoms with Crippen LogP contribution >= 0.6 is 0 Å². The number of benzene rings is 1. The zero-order valence-corrected chi connectivity index (χ0v) is 9.68. The lowest BCUT2D eigenvalue weighted by molar-refractivity contribution is 0.0993. The second-order valence-electron chi connectivity index (χ2n) is 3.04. The standard InChI is InChI=1S/C12H17NO3/c1-3-14-11(2)13-16-10-9-15-12-7-5-4-6-8-12/h4-8H,3,9-10H2,1-2H3/b13-11-. The van der Waals surface area contributed by atoms with Gasteiger partial charge in [-0.25, -0.2) is 0 Å². The first kappa shape index (κ1) is 12.4. The Morgan fingerprint density at radius 3 is 2.62 bits per heavy atom. The van der Waals surface area contributed by atoms with E-state index in [1.54, 1.807) is 6.92 Å². The molecule has 0 aliphatic heterocycles. The van der Waals surface area contributed by atoms with Gasteiger partial charge in [0.1, 0.15) is 12.4 Å². The molecule has 0 atom stereocenters. The highest BCUT2D eigenvalue weighted by molar-refractivity contribution is 5.72. The highest BCUT2D eigenvalue weighted by atomic mass is 16.7. The van der Waals surface area contributed by atoms with Gasteiger partial charge in [-0.15, -0.1) is 0 Å². The third kappa shape index (κ3) is 5.24. The summed E-state index contributed by atoms with van der Waals surface area (Å²) in [5, 5.41) is 3.76. The van der Waals surface area contributed by atoms with Gasteiger partial charge in [0, 0.05) is 6.92 Å². The van der Waals surface area contributed by atoms with Gasteiger partial charge in [0.25, 0.3) is 0 Å². The molecule has 0 spiro atoms. The first-order chi connectivity index (χ1) is 7.83. The lowest BCUT2D eigenvalue weighted by Crippen LogP contribution is -2.06. The highest BCUT2D eigenvalue weighted by Crippen LogP contribution is 2.07. The van der Waals surface area contributed by atoms with Crippen molar-refractivity contribution in [2.45, 2.75) is 13.8 Å². The van der Waals surface area contributed by atoms with Crippen LogP contribution in [0.15, 0.2) is 35.5 Å². The largest absolute Gasteiger partial charge is 0.490 e. The van der Waals surface area contributed by atoms with E-state index in [4.69, 9.17) is 14.3 Å². The molecule has 0 bridgehead atoms. The molecule has 0 heterocycles. The van der Waals surface area contributed by atoms with E-state index in [1.165, 1.54) is 0 Å². The van der Waals surface area contributed by atoms with Gasteiger partial charge >= 0.3 is 0 Å². The Bertz CT molecular complexity index is 311. The molecule has 0 unspecified atom stereocenters. The summed E-state index contributed by atoms with van der Waals surface area (Å²) in [6.07, 6.45) is 0. The van der Waals surface area contributed by atoms with Crippen molar-refractivity contribution >= 4 is 5.90 Å². The fourth-order valence-corrected chi connectivity index (χ4v) is 1.09. The average molecular weight is 223 g/mol. The zero-order valence-electron chi connectivity index (χ0n) is 9.68.